The molecule has 7 aliphatic carbocycles. The van der Waals surface area contributed by atoms with Gasteiger partial charge in [0.2, 0.25) is 0 Å². The van der Waals surface area contributed by atoms with E-state index in [2.05, 4.69) is 173 Å². The highest BCUT2D eigenvalue weighted by molar-refractivity contribution is 5.98. The number of benzene rings is 5. The summed E-state index contributed by atoms with van der Waals surface area (Å²) in [5.41, 5.74) is 25.9. The van der Waals surface area contributed by atoms with Crippen LogP contribution < -0.4 is 4.90 Å². The van der Waals surface area contributed by atoms with Crippen molar-refractivity contribution in [3.05, 3.63) is 195 Å². The quantitative estimate of drug-likeness (QED) is 0.158. The van der Waals surface area contributed by atoms with Crippen LogP contribution in [0.3, 0.4) is 0 Å². The molecule has 5 aromatic carbocycles. The molecule has 5 aromatic rings. The summed E-state index contributed by atoms with van der Waals surface area (Å²) in [6.07, 6.45) is 23.9. The molecule has 2 fully saturated rings. The number of fused-ring (bicyclic) bond motifs is 8. The monoisotopic (exact) mass is 836 g/mol. The van der Waals surface area contributed by atoms with Crippen molar-refractivity contribution in [2.75, 3.05) is 4.90 Å². The van der Waals surface area contributed by atoms with Gasteiger partial charge in [-0.05, 0) is 184 Å². The summed E-state index contributed by atoms with van der Waals surface area (Å²) in [6.45, 7) is 12.4. The van der Waals surface area contributed by atoms with E-state index in [1.165, 1.54) is 134 Å². The lowest BCUT2D eigenvalue weighted by molar-refractivity contribution is 0.106. The van der Waals surface area contributed by atoms with E-state index in [1.54, 1.807) is 11.1 Å². The fraction of sp³-hybridized carbons (Fsp3) is 0.365. The lowest BCUT2D eigenvalue weighted by atomic mass is 9.57. The van der Waals surface area contributed by atoms with Crippen LogP contribution in [-0.2, 0) is 16.2 Å². The molecule has 1 heteroatoms. The zero-order valence-electron chi connectivity index (χ0n) is 39.0. The van der Waals surface area contributed by atoms with E-state index in [4.69, 9.17) is 0 Å². The maximum atomic E-state index is 2.68. The van der Waals surface area contributed by atoms with E-state index in [0.29, 0.717) is 5.41 Å². The Morgan fingerprint density at radius 1 is 0.562 bits per heavy atom. The van der Waals surface area contributed by atoms with Crippen molar-refractivity contribution in [1.82, 2.24) is 0 Å². The smallest absolute Gasteiger partial charge is 0.0500 e. The highest BCUT2D eigenvalue weighted by atomic mass is 15.2. The van der Waals surface area contributed by atoms with Gasteiger partial charge in [0.1, 0.15) is 0 Å². The number of allylic oxidation sites excluding steroid dienone is 9. The first kappa shape index (κ1) is 40.1. The largest absolute Gasteiger partial charge is 0.310 e. The lowest BCUT2D eigenvalue weighted by Crippen LogP contribution is -2.38. The molecule has 2 saturated carbocycles. The fourth-order valence-corrected chi connectivity index (χ4v) is 14.4. The van der Waals surface area contributed by atoms with E-state index in [1.807, 2.05) is 0 Å². The number of hydrogen-bond acceptors (Lipinski definition) is 1. The van der Waals surface area contributed by atoms with E-state index in [-0.39, 0.29) is 10.8 Å². The number of nitrogens with zero attached hydrogens (tertiary/aromatic N) is 1. The van der Waals surface area contributed by atoms with Crippen LogP contribution in [-0.4, -0.2) is 0 Å². The zero-order chi connectivity index (χ0) is 43.4. The highest BCUT2D eigenvalue weighted by Gasteiger charge is 2.45. The highest BCUT2D eigenvalue weighted by Crippen LogP contribution is 2.58. The minimum absolute atomic E-state index is 0.00285. The van der Waals surface area contributed by atoms with Crippen molar-refractivity contribution in [3.8, 4) is 11.1 Å². The molecule has 0 aromatic heterocycles. The second kappa shape index (κ2) is 15.1. The molecule has 12 rings (SSSR count). The summed E-state index contributed by atoms with van der Waals surface area (Å²) in [6, 6.07) is 45.3. The summed E-state index contributed by atoms with van der Waals surface area (Å²) in [5.74, 6) is 1.81. The summed E-state index contributed by atoms with van der Waals surface area (Å²) in [5, 5.41) is 0. The van der Waals surface area contributed by atoms with Gasteiger partial charge in [0.15, 0.2) is 0 Å². The molecule has 0 radical (unpaired) electrons. The third kappa shape index (κ3) is 6.16. The van der Waals surface area contributed by atoms with Gasteiger partial charge in [0.05, 0.1) is 0 Å². The molecular weight excluding hydrogens is 771 g/mol. The Bertz CT molecular complexity index is 2850. The molecule has 2 unspecified atom stereocenters. The Morgan fingerprint density at radius 2 is 1.25 bits per heavy atom. The van der Waals surface area contributed by atoms with Crippen molar-refractivity contribution in [2.24, 2.45) is 11.8 Å². The topological polar surface area (TPSA) is 3.24 Å². The zero-order valence-corrected chi connectivity index (χ0v) is 39.0. The molecule has 1 nitrogen and oxygen atoms in total. The molecule has 2 atom stereocenters. The Morgan fingerprint density at radius 3 is 2.03 bits per heavy atom. The predicted octanol–water partition coefficient (Wildman–Crippen LogP) is 17.2. The third-order valence-electron chi connectivity index (χ3n) is 17.6. The second-order valence-electron chi connectivity index (χ2n) is 21.7. The molecule has 0 aliphatic heterocycles. The predicted molar refractivity (Wildman–Crippen MR) is 271 cm³/mol. The molecule has 2 bridgehead atoms. The van der Waals surface area contributed by atoms with Crippen LogP contribution >= 0.6 is 0 Å². The van der Waals surface area contributed by atoms with Crippen LogP contribution in [0.5, 0.6) is 0 Å². The third-order valence-corrected chi connectivity index (χ3v) is 17.6. The average molecular weight is 836 g/mol. The van der Waals surface area contributed by atoms with Crippen LogP contribution in [0.25, 0.3) is 27.8 Å². The maximum Gasteiger partial charge on any atom is 0.0500 e. The maximum absolute atomic E-state index is 2.68. The van der Waals surface area contributed by atoms with Crippen LogP contribution in [0.2, 0.25) is 0 Å². The fourth-order valence-electron chi connectivity index (χ4n) is 14.4. The van der Waals surface area contributed by atoms with Crippen molar-refractivity contribution in [1.29, 1.82) is 0 Å². The van der Waals surface area contributed by atoms with Gasteiger partial charge in [-0.2, -0.15) is 0 Å². The summed E-state index contributed by atoms with van der Waals surface area (Å²) < 4.78 is 0. The summed E-state index contributed by atoms with van der Waals surface area (Å²) >= 11 is 0. The first-order valence-corrected chi connectivity index (χ1v) is 25.1. The number of rotatable bonds is 7. The van der Waals surface area contributed by atoms with Crippen LogP contribution in [0, 0.1) is 11.8 Å². The minimum atomic E-state index is -0.108. The van der Waals surface area contributed by atoms with Gasteiger partial charge in [-0.3, -0.25) is 0 Å². The Balaban J connectivity index is 0.974. The first-order valence-electron chi connectivity index (χ1n) is 25.1. The summed E-state index contributed by atoms with van der Waals surface area (Å²) in [7, 11) is 0. The first-order chi connectivity index (χ1) is 31.1. The van der Waals surface area contributed by atoms with Crippen LogP contribution in [0.1, 0.15) is 157 Å². The van der Waals surface area contributed by atoms with E-state index < -0.39 is 0 Å². The molecular formula is C63H65N. The van der Waals surface area contributed by atoms with Gasteiger partial charge >= 0.3 is 0 Å². The van der Waals surface area contributed by atoms with E-state index in [9.17, 15) is 0 Å². The minimum Gasteiger partial charge on any atom is -0.310 e. The van der Waals surface area contributed by atoms with Gasteiger partial charge in [-0.25, -0.2) is 0 Å². The van der Waals surface area contributed by atoms with E-state index in [0.717, 1.165) is 50.4 Å². The SMILES string of the molecule is CCC1(c2ccc3c(c2)C(C)(C)c2cc(N(C4=CCCC5=C4c4ccccc4C5(C)C)c4ccc(C5=C6C(=CCC5)CCC=C6c5ccccc5)cc4)ccc2-3)CC2CCCC(C2)C1. The molecule has 0 heterocycles. The molecule has 64 heavy (non-hydrogen) atoms. The van der Waals surface area contributed by atoms with Crippen LogP contribution in [0.4, 0.5) is 11.4 Å². The number of hydrogen-bond donors (Lipinski definition) is 0. The van der Waals surface area contributed by atoms with Gasteiger partial charge < -0.3 is 4.90 Å². The van der Waals surface area contributed by atoms with Crippen molar-refractivity contribution < 1.29 is 0 Å². The molecule has 0 saturated heterocycles. The summed E-state index contributed by atoms with van der Waals surface area (Å²) in [4.78, 5) is 2.63. The van der Waals surface area contributed by atoms with Gasteiger partial charge in [0.25, 0.3) is 0 Å². The van der Waals surface area contributed by atoms with Gasteiger partial charge in [0, 0.05) is 33.5 Å². The Labute approximate surface area is 383 Å². The van der Waals surface area contributed by atoms with Crippen molar-refractivity contribution in [2.45, 2.75) is 134 Å². The standard InChI is InChI=1S/C63H65N/c1-6-63(39-41-16-12-17-42(36-41)40-63)46-30-34-51-52-35-33-48(38-57(52)62(4,5)56(51)37-46)64(58-27-15-26-55-60(58)53-22-10-11-25-54(53)61(55,2)3)47-31-28-44(29-32-47)50-24-14-21-45-20-13-23-49(59(45)50)43-18-8-7-9-19-43/h7-11,18-19,21-23,25,27-35,37-38,41-42H,6,12-17,20,24,26,36,39-40H2,1-5H3. The Hall–Kier alpha value is -5.40. The second-order valence-corrected chi connectivity index (χ2v) is 21.7. The molecule has 0 spiro atoms. The molecule has 7 aliphatic rings. The lowest BCUT2D eigenvalue weighted by Gasteiger charge is -2.48. The average Bonchev–Trinajstić information content (AvgIpc) is 3.70. The molecule has 0 amide bonds. The van der Waals surface area contributed by atoms with E-state index >= 15 is 0 Å². The van der Waals surface area contributed by atoms with Crippen LogP contribution in [0.15, 0.2) is 156 Å². The molecule has 0 N–H and O–H groups in total. The van der Waals surface area contributed by atoms with Gasteiger partial charge in [-0.15, -0.1) is 0 Å². The molecule has 322 valence electrons. The normalized spacial score (nSPS) is 24.7. The number of anilines is 2. The Kier molecular flexibility index (Phi) is 9.46. The van der Waals surface area contributed by atoms with Crippen molar-refractivity contribution in [3.63, 3.8) is 0 Å². The van der Waals surface area contributed by atoms with Crippen molar-refractivity contribution >= 4 is 28.1 Å². The van der Waals surface area contributed by atoms with Gasteiger partial charge in [-0.1, -0.05) is 163 Å².